The number of fused-ring (bicyclic) bond motifs is 1. The predicted octanol–water partition coefficient (Wildman–Crippen LogP) is 3.99. The number of aryl methyl sites for hydroxylation is 1. The zero-order valence-corrected chi connectivity index (χ0v) is 19.0. The molecule has 0 radical (unpaired) electrons. The van der Waals surface area contributed by atoms with Gasteiger partial charge in [-0.1, -0.05) is 35.0 Å². The molecule has 4 aromatic rings. The maximum absolute atomic E-state index is 12.8. The number of nitrogens with one attached hydrogen (secondary N) is 1. The minimum Gasteiger partial charge on any atom is -0.497 e. The molecule has 1 amide bonds. The van der Waals surface area contributed by atoms with Gasteiger partial charge in [0.25, 0.3) is 5.91 Å². The van der Waals surface area contributed by atoms with Crippen molar-refractivity contribution in [2.45, 2.75) is 5.16 Å². The van der Waals surface area contributed by atoms with Crippen LogP contribution < -0.4 is 14.7 Å². The molecule has 0 atom stereocenters. The molecule has 8 heteroatoms. The van der Waals surface area contributed by atoms with E-state index in [1.807, 2.05) is 83.1 Å². The van der Waals surface area contributed by atoms with Crippen LogP contribution in [0.2, 0.25) is 0 Å². The van der Waals surface area contributed by atoms with Crippen LogP contribution in [0.1, 0.15) is 15.9 Å². The van der Waals surface area contributed by atoms with E-state index < -0.39 is 0 Å². The summed E-state index contributed by atoms with van der Waals surface area (Å²) in [6.07, 6.45) is 0. The molecule has 5 rings (SSSR count). The van der Waals surface area contributed by atoms with Gasteiger partial charge in [-0.15, -0.1) is 9.78 Å². The van der Waals surface area contributed by atoms with E-state index in [-0.39, 0.29) is 5.91 Å². The second-order valence-corrected chi connectivity index (χ2v) is 8.41. The number of carbonyl (C=O) groups excluding carboxylic acids is 1. The predicted molar refractivity (Wildman–Crippen MR) is 129 cm³/mol. The van der Waals surface area contributed by atoms with E-state index in [9.17, 15) is 4.79 Å². The summed E-state index contributed by atoms with van der Waals surface area (Å²) in [6.45, 7) is 0. The van der Waals surface area contributed by atoms with Crippen LogP contribution >= 0.6 is 11.8 Å². The summed E-state index contributed by atoms with van der Waals surface area (Å²) >= 11 is 1.67. The molecule has 0 saturated heterocycles. The summed E-state index contributed by atoms with van der Waals surface area (Å²) in [7, 11) is 3.56. The fourth-order valence-electron chi connectivity index (χ4n) is 3.65. The van der Waals surface area contributed by atoms with Gasteiger partial charge in [0.2, 0.25) is 0 Å². The third kappa shape index (κ3) is 4.12. The molecule has 0 bridgehead atoms. The number of hydrogen-bond acceptors (Lipinski definition) is 5. The molecule has 0 unspecified atom stereocenters. The number of carbonyl (C=O) groups is 1. The lowest BCUT2D eigenvalue weighted by molar-refractivity contribution is -0.707. The summed E-state index contributed by atoms with van der Waals surface area (Å²) < 4.78 is 8.94. The number of nitrogens with zero attached hydrogens (tertiary/aromatic N) is 4. The Kier molecular flexibility index (Phi) is 5.66. The van der Waals surface area contributed by atoms with Crippen molar-refractivity contribution in [1.82, 2.24) is 9.78 Å². The molecule has 164 valence electrons. The highest BCUT2D eigenvalue weighted by atomic mass is 32.2. The Morgan fingerprint density at radius 3 is 2.52 bits per heavy atom. The molecular formula is C25H22N5O2S+. The number of para-hydroxylation sites is 1. The van der Waals surface area contributed by atoms with Crippen LogP contribution in [0.5, 0.6) is 5.75 Å². The van der Waals surface area contributed by atoms with E-state index in [0.717, 1.165) is 33.5 Å². The summed E-state index contributed by atoms with van der Waals surface area (Å²) in [5.41, 5.74) is 4.04. The zero-order chi connectivity index (χ0) is 22.8. The summed E-state index contributed by atoms with van der Waals surface area (Å²) in [6, 6.07) is 24.7. The first kappa shape index (κ1) is 21.0. The van der Waals surface area contributed by atoms with Gasteiger partial charge >= 0.3 is 11.0 Å². The van der Waals surface area contributed by atoms with Gasteiger partial charge in [-0.3, -0.25) is 4.79 Å². The van der Waals surface area contributed by atoms with E-state index in [0.29, 0.717) is 17.1 Å². The minimum absolute atomic E-state index is 0.172. The van der Waals surface area contributed by atoms with E-state index >= 15 is 0 Å². The monoisotopic (exact) mass is 456 g/mol. The first-order valence-electron chi connectivity index (χ1n) is 10.4. The smallest absolute Gasteiger partial charge is 0.335 e. The molecule has 1 N–H and O–H groups in total. The summed E-state index contributed by atoms with van der Waals surface area (Å²) in [4.78, 5) is 12.8. The molecule has 2 heterocycles. The fraction of sp³-hybridized carbons (Fsp3) is 0.120. The largest absolute Gasteiger partial charge is 0.497 e. The number of methoxy groups -OCH3 is 1. The second-order valence-electron chi connectivity index (χ2n) is 7.47. The van der Waals surface area contributed by atoms with Gasteiger partial charge in [0.1, 0.15) is 5.75 Å². The van der Waals surface area contributed by atoms with Gasteiger partial charge < -0.3 is 10.1 Å². The molecule has 1 aliphatic rings. The van der Waals surface area contributed by atoms with Crippen LogP contribution in [0.3, 0.4) is 0 Å². The summed E-state index contributed by atoms with van der Waals surface area (Å²) in [5.74, 6) is 2.03. The van der Waals surface area contributed by atoms with Crippen molar-refractivity contribution >= 4 is 29.1 Å². The lowest BCUT2D eigenvalue weighted by Gasteiger charge is -2.12. The molecule has 0 aliphatic carbocycles. The lowest BCUT2D eigenvalue weighted by atomic mass is 10.1. The maximum atomic E-state index is 12.8. The Balaban J connectivity index is 1.54. The number of rotatable bonds is 5. The number of aromatic nitrogens is 3. The highest BCUT2D eigenvalue weighted by Gasteiger charge is 2.31. The molecule has 0 saturated carbocycles. The Bertz CT molecular complexity index is 1350. The third-order valence-corrected chi connectivity index (χ3v) is 6.45. The standard InChI is InChI=1S/C25H21N5O2S/c1-29-25-30(27-22(16-33-25)17-12-14-19(32-2)15-13-17)23(28-29)20-10-6-7-11-21(20)26-24(31)18-8-4-3-5-9-18/h3-15H,16H2,1-2H3/p+1. The molecule has 1 aromatic heterocycles. The average molecular weight is 457 g/mol. The third-order valence-electron chi connectivity index (χ3n) is 5.34. The minimum atomic E-state index is -0.172. The van der Waals surface area contributed by atoms with Gasteiger partial charge in [-0.05, 0) is 60.3 Å². The van der Waals surface area contributed by atoms with Crippen LogP contribution in [-0.4, -0.2) is 34.3 Å². The van der Waals surface area contributed by atoms with Crippen LogP contribution in [-0.2, 0) is 7.05 Å². The number of ether oxygens (including phenoxy) is 1. The Morgan fingerprint density at radius 1 is 1.03 bits per heavy atom. The molecule has 3 aromatic carbocycles. The quantitative estimate of drug-likeness (QED) is 0.461. The van der Waals surface area contributed by atoms with Crippen LogP contribution in [0.4, 0.5) is 5.69 Å². The molecule has 7 nitrogen and oxygen atoms in total. The van der Waals surface area contributed by atoms with Crippen LogP contribution in [0.15, 0.2) is 89.1 Å². The van der Waals surface area contributed by atoms with Crippen molar-refractivity contribution in [1.29, 1.82) is 0 Å². The first-order chi connectivity index (χ1) is 16.1. The van der Waals surface area contributed by atoms with Crippen molar-refractivity contribution in [3.8, 4) is 17.1 Å². The number of amides is 1. The second kappa shape index (κ2) is 8.91. The number of hydrogen-bond donors (Lipinski definition) is 1. The average Bonchev–Trinajstić information content (AvgIpc) is 3.20. The highest BCUT2D eigenvalue weighted by Crippen LogP contribution is 2.29. The van der Waals surface area contributed by atoms with E-state index in [1.54, 1.807) is 31.0 Å². The fourth-order valence-corrected chi connectivity index (χ4v) is 4.61. The van der Waals surface area contributed by atoms with Crippen LogP contribution in [0, 0.1) is 0 Å². The van der Waals surface area contributed by atoms with E-state index in [2.05, 4.69) is 5.32 Å². The van der Waals surface area contributed by atoms with E-state index in [1.165, 1.54) is 0 Å². The van der Waals surface area contributed by atoms with Gasteiger partial charge in [0, 0.05) is 16.2 Å². The Morgan fingerprint density at radius 2 is 1.76 bits per heavy atom. The van der Waals surface area contributed by atoms with Gasteiger partial charge in [0.05, 0.1) is 36.9 Å². The lowest BCUT2D eigenvalue weighted by Crippen LogP contribution is -2.37. The number of anilines is 1. The van der Waals surface area contributed by atoms with Crippen molar-refractivity contribution in [2.75, 3.05) is 18.2 Å². The highest BCUT2D eigenvalue weighted by molar-refractivity contribution is 7.99. The zero-order valence-electron chi connectivity index (χ0n) is 18.2. The van der Waals surface area contributed by atoms with Crippen molar-refractivity contribution < 1.29 is 14.2 Å². The normalized spacial score (nSPS) is 12.6. The van der Waals surface area contributed by atoms with Crippen molar-refractivity contribution in [2.24, 2.45) is 12.1 Å². The molecule has 1 aliphatic heterocycles. The van der Waals surface area contributed by atoms with Crippen molar-refractivity contribution in [3.63, 3.8) is 0 Å². The van der Waals surface area contributed by atoms with Crippen molar-refractivity contribution in [3.05, 3.63) is 90.0 Å². The summed E-state index contributed by atoms with van der Waals surface area (Å²) in [5, 5.41) is 13.6. The Labute approximate surface area is 195 Å². The van der Waals surface area contributed by atoms with Gasteiger partial charge in [-0.2, -0.15) is 0 Å². The molecule has 0 fully saturated rings. The first-order valence-corrected chi connectivity index (χ1v) is 11.4. The maximum Gasteiger partial charge on any atom is 0.335 e. The SMILES string of the molecule is COc1ccc(C2=N[n+]3c(-c4ccccc4NC(=O)c4ccccc4)nn(C)c3SC2)cc1. The number of benzene rings is 3. The molecule has 0 spiro atoms. The molecular weight excluding hydrogens is 434 g/mol. The van der Waals surface area contributed by atoms with Gasteiger partial charge in [0.15, 0.2) is 0 Å². The van der Waals surface area contributed by atoms with Gasteiger partial charge in [-0.25, -0.2) is 0 Å². The Hall–Kier alpha value is -3.91. The molecule has 33 heavy (non-hydrogen) atoms. The number of thioether (sulfide) groups is 1. The van der Waals surface area contributed by atoms with Crippen LogP contribution in [0.25, 0.3) is 11.4 Å². The topological polar surface area (TPSA) is 72.4 Å². The van der Waals surface area contributed by atoms with E-state index in [4.69, 9.17) is 14.9 Å².